The molecule has 1 N–H and O–H groups in total. The van der Waals surface area contributed by atoms with E-state index in [0.29, 0.717) is 5.02 Å². The third-order valence-corrected chi connectivity index (χ3v) is 3.33. The highest BCUT2D eigenvalue weighted by Gasteiger charge is 2.19. The molecule has 0 bridgehead atoms. The van der Waals surface area contributed by atoms with Crippen molar-refractivity contribution < 1.29 is 4.79 Å². The van der Waals surface area contributed by atoms with E-state index in [1.807, 2.05) is 38.1 Å². The second-order valence-corrected chi connectivity index (χ2v) is 5.13. The normalized spacial score (nSPS) is 12.6. The predicted octanol–water partition coefficient (Wildman–Crippen LogP) is 3.32. The SMILES string of the molecule is CCCC(C(=O)Nc1ccc(C)c(Cl)c1)N(C)C. The molecule has 0 saturated heterocycles. The third-order valence-electron chi connectivity index (χ3n) is 2.93. The van der Waals surface area contributed by atoms with Gasteiger partial charge in [-0.25, -0.2) is 0 Å². The van der Waals surface area contributed by atoms with Crippen LogP contribution in [0.25, 0.3) is 0 Å². The summed E-state index contributed by atoms with van der Waals surface area (Å²) in [5, 5.41) is 3.58. The largest absolute Gasteiger partial charge is 0.325 e. The lowest BCUT2D eigenvalue weighted by molar-refractivity contribution is -0.120. The van der Waals surface area contributed by atoms with Gasteiger partial charge in [-0.3, -0.25) is 9.69 Å². The van der Waals surface area contributed by atoms with Crippen LogP contribution < -0.4 is 5.32 Å². The number of nitrogens with one attached hydrogen (secondary N) is 1. The summed E-state index contributed by atoms with van der Waals surface area (Å²) in [5.41, 5.74) is 1.76. The average molecular weight is 269 g/mol. The van der Waals surface area contributed by atoms with E-state index in [1.54, 1.807) is 6.07 Å². The molecule has 1 aromatic rings. The molecule has 0 saturated carbocycles. The molecule has 0 heterocycles. The van der Waals surface area contributed by atoms with Gasteiger partial charge in [0.2, 0.25) is 5.91 Å². The number of nitrogens with zero attached hydrogens (tertiary/aromatic N) is 1. The van der Waals surface area contributed by atoms with Gasteiger partial charge in [-0.1, -0.05) is 31.0 Å². The van der Waals surface area contributed by atoms with Gasteiger partial charge in [0.25, 0.3) is 0 Å². The Balaban J connectivity index is 2.76. The van der Waals surface area contributed by atoms with Gasteiger partial charge in [0, 0.05) is 10.7 Å². The number of carbonyl (C=O) groups is 1. The second kappa shape index (κ2) is 6.76. The van der Waals surface area contributed by atoms with Crippen LogP contribution in [0, 0.1) is 6.92 Å². The number of hydrogen-bond acceptors (Lipinski definition) is 2. The summed E-state index contributed by atoms with van der Waals surface area (Å²) in [6.07, 6.45) is 1.82. The maximum atomic E-state index is 12.1. The Morgan fingerprint density at radius 1 is 1.44 bits per heavy atom. The van der Waals surface area contributed by atoms with E-state index in [2.05, 4.69) is 12.2 Å². The molecule has 1 atom stereocenters. The Hall–Kier alpha value is -1.06. The molecule has 0 aliphatic rings. The molecule has 0 aliphatic heterocycles. The average Bonchev–Trinajstić information content (AvgIpc) is 2.30. The Morgan fingerprint density at radius 2 is 2.11 bits per heavy atom. The van der Waals surface area contributed by atoms with Gasteiger partial charge >= 0.3 is 0 Å². The number of anilines is 1. The number of benzene rings is 1. The Labute approximate surface area is 114 Å². The lowest BCUT2D eigenvalue weighted by Gasteiger charge is -2.23. The Kier molecular flexibility index (Phi) is 5.63. The molecular formula is C14H21ClN2O. The highest BCUT2D eigenvalue weighted by molar-refractivity contribution is 6.31. The summed E-state index contributed by atoms with van der Waals surface area (Å²) >= 11 is 6.04. The molecule has 0 aliphatic carbocycles. The van der Waals surface area contributed by atoms with Gasteiger partial charge < -0.3 is 5.32 Å². The van der Waals surface area contributed by atoms with E-state index in [0.717, 1.165) is 24.1 Å². The molecule has 1 amide bonds. The van der Waals surface area contributed by atoms with Crippen LogP contribution in [0.5, 0.6) is 0 Å². The van der Waals surface area contributed by atoms with Crippen molar-refractivity contribution in [2.45, 2.75) is 32.7 Å². The van der Waals surface area contributed by atoms with Crippen LogP contribution in [0.15, 0.2) is 18.2 Å². The minimum Gasteiger partial charge on any atom is -0.325 e. The van der Waals surface area contributed by atoms with Crippen LogP contribution >= 0.6 is 11.6 Å². The van der Waals surface area contributed by atoms with Crippen LogP contribution in [-0.4, -0.2) is 30.9 Å². The Morgan fingerprint density at radius 3 is 2.61 bits per heavy atom. The van der Waals surface area contributed by atoms with E-state index in [4.69, 9.17) is 11.6 Å². The van der Waals surface area contributed by atoms with Crippen molar-refractivity contribution in [2.75, 3.05) is 19.4 Å². The molecule has 3 nitrogen and oxygen atoms in total. The smallest absolute Gasteiger partial charge is 0.241 e. The van der Waals surface area contributed by atoms with Gasteiger partial charge in [0.1, 0.15) is 0 Å². The van der Waals surface area contributed by atoms with Gasteiger partial charge in [-0.15, -0.1) is 0 Å². The van der Waals surface area contributed by atoms with Gasteiger partial charge in [-0.05, 0) is 45.1 Å². The number of rotatable bonds is 5. The lowest BCUT2D eigenvalue weighted by Crippen LogP contribution is -2.39. The fourth-order valence-corrected chi connectivity index (χ4v) is 1.97. The Bertz CT molecular complexity index is 418. The highest BCUT2D eigenvalue weighted by Crippen LogP contribution is 2.20. The van der Waals surface area contributed by atoms with Crippen molar-refractivity contribution in [3.05, 3.63) is 28.8 Å². The summed E-state index contributed by atoms with van der Waals surface area (Å²) < 4.78 is 0. The zero-order chi connectivity index (χ0) is 13.7. The fraction of sp³-hybridized carbons (Fsp3) is 0.500. The van der Waals surface area contributed by atoms with Crippen LogP contribution in [0.2, 0.25) is 5.02 Å². The van der Waals surface area contributed by atoms with Crippen molar-refractivity contribution in [3.8, 4) is 0 Å². The number of halogens is 1. The number of hydrogen-bond donors (Lipinski definition) is 1. The van der Waals surface area contributed by atoms with E-state index in [9.17, 15) is 4.79 Å². The zero-order valence-corrected chi connectivity index (χ0v) is 12.2. The van der Waals surface area contributed by atoms with Crippen LogP contribution in [0.1, 0.15) is 25.3 Å². The minimum absolute atomic E-state index is 0.0155. The van der Waals surface area contributed by atoms with Crippen molar-refractivity contribution in [1.82, 2.24) is 4.90 Å². The molecule has 4 heteroatoms. The van der Waals surface area contributed by atoms with E-state index >= 15 is 0 Å². The van der Waals surface area contributed by atoms with Crippen molar-refractivity contribution >= 4 is 23.2 Å². The van der Waals surface area contributed by atoms with Crippen molar-refractivity contribution in [3.63, 3.8) is 0 Å². The molecule has 0 spiro atoms. The van der Waals surface area contributed by atoms with Gasteiger partial charge in [0.05, 0.1) is 6.04 Å². The number of carbonyl (C=O) groups excluding carboxylic acids is 1. The summed E-state index contributed by atoms with van der Waals surface area (Å²) in [6, 6.07) is 5.46. The van der Waals surface area contributed by atoms with Crippen LogP contribution in [0.4, 0.5) is 5.69 Å². The van der Waals surface area contributed by atoms with E-state index in [-0.39, 0.29) is 11.9 Å². The first kappa shape index (κ1) is 15.0. The molecule has 0 fully saturated rings. The summed E-state index contributed by atoms with van der Waals surface area (Å²) in [5.74, 6) is 0.0155. The molecule has 0 radical (unpaired) electrons. The molecule has 100 valence electrons. The molecule has 0 aromatic heterocycles. The quantitative estimate of drug-likeness (QED) is 0.889. The second-order valence-electron chi connectivity index (χ2n) is 4.72. The number of likely N-dealkylation sites (N-methyl/N-ethyl adjacent to an activating group) is 1. The number of amides is 1. The first-order valence-corrected chi connectivity index (χ1v) is 6.57. The lowest BCUT2D eigenvalue weighted by atomic mass is 10.1. The maximum absolute atomic E-state index is 12.1. The minimum atomic E-state index is -0.102. The highest BCUT2D eigenvalue weighted by atomic mass is 35.5. The maximum Gasteiger partial charge on any atom is 0.241 e. The fourth-order valence-electron chi connectivity index (χ4n) is 1.79. The van der Waals surface area contributed by atoms with Gasteiger partial charge in [-0.2, -0.15) is 0 Å². The molecule has 18 heavy (non-hydrogen) atoms. The standard InChI is InChI=1S/C14H21ClN2O/c1-5-6-13(17(3)4)14(18)16-11-8-7-10(2)12(15)9-11/h7-9,13H,5-6H2,1-4H3,(H,16,18). The first-order valence-electron chi connectivity index (χ1n) is 6.19. The topological polar surface area (TPSA) is 32.3 Å². The van der Waals surface area contributed by atoms with Crippen molar-refractivity contribution in [2.24, 2.45) is 0 Å². The van der Waals surface area contributed by atoms with Crippen LogP contribution in [0.3, 0.4) is 0 Å². The predicted molar refractivity (Wildman–Crippen MR) is 77.2 cm³/mol. The van der Waals surface area contributed by atoms with Crippen molar-refractivity contribution in [1.29, 1.82) is 0 Å². The summed E-state index contributed by atoms with van der Waals surface area (Å²) in [6.45, 7) is 4.01. The summed E-state index contributed by atoms with van der Waals surface area (Å²) in [7, 11) is 3.84. The van der Waals surface area contributed by atoms with E-state index in [1.165, 1.54) is 0 Å². The zero-order valence-electron chi connectivity index (χ0n) is 11.5. The van der Waals surface area contributed by atoms with E-state index < -0.39 is 0 Å². The van der Waals surface area contributed by atoms with Crippen LogP contribution in [-0.2, 0) is 4.79 Å². The first-order chi connectivity index (χ1) is 8.45. The number of aryl methyl sites for hydroxylation is 1. The molecular weight excluding hydrogens is 248 g/mol. The third kappa shape index (κ3) is 4.00. The monoisotopic (exact) mass is 268 g/mol. The van der Waals surface area contributed by atoms with Gasteiger partial charge in [0.15, 0.2) is 0 Å². The molecule has 1 unspecified atom stereocenters. The molecule has 1 rings (SSSR count). The summed E-state index contributed by atoms with van der Waals surface area (Å²) in [4.78, 5) is 14.1. The molecule has 1 aromatic carbocycles.